The first kappa shape index (κ1) is 17.7. The molecule has 0 bridgehead atoms. The zero-order valence-corrected chi connectivity index (χ0v) is 15.5. The van der Waals surface area contributed by atoms with E-state index >= 15 is 0 Å². The van der Waals surface area contributed by atoms with Gasteiger partial charge in [0.05, 0.1) is 30.0 Å². The number of hydrogen-bond acceptors (Lipinski definition) is 6. The Bertz CT molecular complexity index is 1100. The SMILES string of the molecule is C=CC(=O)NC1=CC(Cn2ncc3cnc(Nc4cnn(C)c4)nc32)=CCC1. The fourth-order valence-corrected chi connectivity index (χ4v) is 3.02. The minimum atomic E-state index is -0.198. The molecule has 0 unspecified atom stereocenters. The molecule has 0 fully saturated rings. The van der Waals surface area contributed by atoms with Gasteiger partial charge in [-0.05, 0) is 30.6 Å². The zero-order chi connectivity index (χ0) is 19.5. The van der Waals surface area contributed by atoms with Gasteiger partial charge in [0.1, 0.15) is 0 Å². The highest BCUT2D eigenvalue weighted by molar-refractivity contribution is 5.88. The van der Waals surface area contributed by atoms with Crippen molar-refractivity contribution in [3.8, 4) is 0 Å². The Labute approximate surface area is 161 Å². The summed E-state index contributed by atoms with van der Waals surface area (Å²) in [6.07, 6.45) is 14.1. The predicted molar refractivity (Wildman–Crippen MR) is 106 cm³/mol. The van der Waals surface area contributed by atoms with Crippen molar-refractivity contribution >= 4 is 28.6 Å². The van der Waals surface area contributed by atoms with Gasteiger partial charge in [-0.3, -0.25) is 9.48 Å². The number of carbonyl (C=O) groups is 1. The summed E-state index contributed by atoms with van der Waals surface area (Å²) < 4.78 is 3.53. The molecule has 0 aromatic carbocycles. The number of hydrogen-bond donors (Lipinski definition) is 2. The van der Waals surface area contributed by atoms with Crippen LogP contribution >= 0.6 is 0 Å². The van der Waals surface area contributed by atoms with E-state index in [-0.39, 0.29) is 5.91 Å². The van der Waals surface area contributed by atoms with Crippen molar-refractivity contribution in [2.45, 2.75) is 19.4 Å². The molecule has 4 rings (SSSR count). The maximum Gasteiger partial charge on any atom is 0.247 e. The van der Waals surface area contributed by atoms with Gasteiger partial charge < -0.3 is 10.6 Å². The van der Waals surface area contributed by atoms with Crippen molar-refractivity contribution in [1.82, 2.24) is 34.8 Å². The molecule has 0 saturated heterocycles. The fraction of sp³-hybridized carbons (Fsp3) is 0.211. The third-order valence-electron chi connectivity index (χ3n) is 4.32. The molecule has 0 atom stereocenters. The topological polar surface area (TPSA) is 103 Å². The molecule has 0 aliphatic heterocycles. The Kier molecular flexibility index (Phi) is 4.71. The van der Waals surface area contributed by atoms with E-state index in [0.717, 1.165) is 40.8 Å². The van der Waals surface area contributed by atoms with Crippen LogP contribution in [0.25, 0.3) is 11.0 Å². The summed E-state index contributed by atoms with van der Waals surface area (Å²) in [5.41, 5.74) is 3.50. The van der Waals surface area contributed by atoms with Crippen LogP contribution in [0.5, 0.6) is 0 Å². The number of amides is 1. The van der Waals surface area contributed by atoms with Crippen molar-refractivity contribution in [2.75, 3.05) is 5.32 Å². The van der Waals surface area contributed by atoms with E-state index in [1.165, 1.54) is 6.08 Å². The van der Waals surface area contributed by atoms with Gasteiger partial charge in [0.15, 0.2) is 5.65 Å². The molecule has 142 valence electrons. The molecule has 9 heteroatoms. The molecule has 9 nitrogen and oxygen atoms in total. The second kappa shape index (κ2) is 7.47. The smallest absolute Gasteiger partial charge is 0.247 e. The van der Waals surface area contributed by atoms with Crippen LogP contribution in [0.2, 0.25) is 0 Å². The van der Waals surface area contributed by atoms with Crippen LogP contribution in [0.3, 0.4) is 0 Å². The van der Waals surface area contributed by atoms with Crippen molar-refractivity contribution in [3.63, 3.8) is 0 Å². The molecule has 3 aromatic heterocycles. The lowest BCUT2D eigenvalue weighted by molar-refractivity contribution is -0.115. The van der Waals surface area contributed by atoms with Crippen LogP contribution in [0, 0.1) is 0 Å². The maximum atomic E-state index is 11.5. The molecule has 0 saturated carbocycles. The number of nitrogens with zero attached hydrogens (tertiary/aromatic N) is 6. The molecule has 1 amide bonds. The number of anilines is 2. The second-order valence-corrected chi connectivity index (χ2v) is 6.48. The number of nitrogens with one attached hydrogen (secondary N) is 2. The standard InChI is InChI=1S/C19H20N8O/c1-3-17(28)23-15-6-4-5-13(7-15)11-27-18-14(9-22-27)8-20-19(25-18)24-16-10-21-26(2)12-16/h3,5,7-10,12H,1,4,6,11H2,2H3,(H,23,28)(H,20,24,25). The highest BCUT2D eigenvalue weighted by Crippen LogP contribution is 2.20. The minimum absolute atomic E-state index is 0.198. The van der Waals surface area contributed by atoms with Crippen LogP contribution in [0.15, 0.2) is 60.9 Å². The third kappa shape index (κ3) is 3.83. The van der Waals surface area contributed by atoms with E-state index in [0.29, 0.717) is 12.5 Å². The second-order valence-electron chi connectivity index (χ2n) is 6.48. The van der Waals surface area contributed by atoms with Crippen LogP contribution in [0.1, 0.15) is 12.8 Å². The Morgan fingerprint density at radius 2 is 2.21 bits per heavy atom. The molecule has 2 N–H and O–H groups in total. The first-order chi connectivity index (χ1) is 13.6. The summed E-state index contributed by atoms with van der Waals surface area (Å²) in [4.78, 5) is 20.5. The lowest BCUT2D eigenvalue weighted by Crippen LogP contribution is -2.21. The molecule has 1 aliphatic carbocycles. The van der Waals surface area contributed by atoms with Crippen LogP contribution in [-0.2, 0) is 18.4 Å². The lowest BCUT2D eigenvalue weighted by Gasteiger charge is -2.14. The van der Waals surface area contributed by atoms with Gasteiger partial charge in [0, 0.05) is 25.1 Å². The molecule has 0 radical (unpaired) electrons. The fourth-order valence-electron chi connectivity index (χ4n) is 3.02. The number of aryl methyl sites for hydroxylation is 1. The van der Waals surface area contributed by atoms with Gasteiger partial charge >= 0.3 is 0 Å². The number of carbonyl (C=O) groups excluding carboxylic acids is 1. The van der Waals surface area contributed by atoms with E-state index in [9.17, 15) is 4.79 Å². The minimum Gasteiger partial charge on any atom is -0.326 e. The van der Waals surface area contributed by atoms with E-state index in [1.807, 2.05) is 24.0 Å². The summed E-state index contributed by atoms with van der Waals surface area (Å²) in [6.45, 7) is 4.04. The van der Waals surface area contributed by atoms with E-state index in [4.69, 9.17) is 0 Å². The number of allylic oxidation sites excluding steroid dienone is 4. The van der Waals surface area contributed by atoms with Crippen molar-refractivity contribution in [1.29, 1.82) is 0 Å². The Hall–Kier alpha value is -3.75. The van der Waals surface area contributed by atoms with Crippen molar-refractivity contribution in [3.05, 3.63) is 60.9 Å². The monoisotopic (exact) mass is 376 g/mol. The van der Waals surface area contributed by atoms with Crippen molar-refractivity contribution < 1.29 is 4.79 Å². The van der Waals surface area contributed by atoms with Gasteiger partial charge in [-0.1, -0.05) is 12.7 Å². The summed E-state index contributed by atoms with van der Waals surface area (Å²) >= 11 is 0. The van der Waals surface area contributed by atoms with Gasteiger partial charge in [-0.2, -0.15) is 15.2 Å². The van der Waals surface area contributed by atoms with E-state index < -0.39 is 0 Å². The molecular weight excluding hydrogens is 356 g/mol. The zero-order valence-electron chi connectivity index (χ0n) is 15.5. The number of fused-ring (bicyclic) bond motifs is 1. The normalized spacial score (nSPS) is 13.8. The van der Waals surface area contributed by atoms with Crippen LogP contribution < -0.4 is 10.6 Å². The summed E-state index contributed by atoms with van der Waals surface area (Å²) in [7, 11) is 1.85. The largest absolute Gasteiger partial charge is 0.326 e. The molecule has 3 aromatic rings. The first-order valence-corrected chi connectivity index (χ1v) is 8.88. The average Bonchev–Trinajstić information content (AvgIpc) is 3.28. The van der Waals surface area contributed by atoms with Crippen LogP contribution in [-0.4, -0.2) is 35.4 Å². The highest BCUT2D eigenvalue weighted by atomic mass is 16.1. The Morgan fingerprint density at radius 1 is 1.32 bits per heavy atom. The van der Waals surface area contributed by atoms with Crippen LogP contribution in [0.4, 0.5) is 11.6 Å². The molecular formula is C19H20N8O. The van der Waals surface area contributed by atoms with Gasteiger partial charge in [0.25, 0.3) is 0 Å². The predicted octanol–water partition coefficient (Wildman–Crippen LogP) is 2.21. The van der Waals surface area contributed by atoms with Gasteiger partial charge in [-0.15, -0.1) is 0 Å². The average molecular weight is 376 g/mol. The molecule has 1 aliphatic rings. The quantitative estimate of drug-likeness (QED) is 0.640. The first-order valence-electron chi connectivity index (χ1n) is 8.88. The number of aromatic nitrogens is 6. The summed E-state index contributed by atoms with van der Waals surface area (Å²) in [5.74, 6) is 0.283. The Morgan fingerprint density at radius 3 is 3.00 bits per heavy atom. The third-order valence-corrected chi connectivity index (χ3v) is 4.32. The highest BCUT2D eigenvalue weighted by Gasteiger charge is 2.12. The molecule has 0 spiro atoms. The summed E-state index contributed by atoms with van der Waals surface area (Å²) in [5, 5.41) is 15.4. The summed E-state index contributed by atoms with van der Waals surface area (Å²) in [6, 6.07) is 0. The van der Waals surface area contributed by atoms with Gasteiger partial charge in [-0.25, -0.2) is 9.67 Å². The number of rotatable bonds is 6. The van der Waals surface area contributed by atoms with Crippen molar-refractivity contribution in [2.24, 2.45) is 7.05 Å². The lowest BCUT2D eigenvalue weighted by atomic mass is 10.0. The Balaban J connectivity index is 1.55. The maximum absolute atomic E-state index is 11.5. The van der Waals surface area contributed by atoms with E-state index in [2.05, 4.69) is 43.5 Å². The molecule has 28 heavy (non-hydrogen) atoms. The van der Waals surface area contributed by atoms with E-state index in [1.54, 1.807) is 23.3 Å². The molecule has 3 heterocycles. The van der Waals surface area contributed by atoms with Gasteiger partial charge in [0.2, 0.25) is 11.9 Å².